The number of benzene rings is 2. The molecule has 2 aliphatic rings. The summed E-state index contributed by atoms with van der Waals surface area (Å²) in [7, 11) is -3.70. The van der Waals surface area contributed by atoms with Gasteiger partial charge in [-0.3, -0.25) is 9.59 Å². The third kappa shape index (κ3) is 4.80. The lowest BCUT2D eigenvalue weighted by Gasteiger charge is -2.26. The number of likely N-dealkylation sites (tertiary alicyclic amines) is 1. The number of halogens is 1. The summed E-state index contributed by atoms with van der Waals surface area (Å²) in [5.41, 5.74) is 0.550. The van der Waals surface area contributed by atoms with Gasteiger partial charge in [0.1, 0.15) is 11.9 Å². The molecule has 0 spiro atoms. The number of nitrogens with one attached hydrogen (secondary N) is 2. The lowest BCUT2D eigenvalue weighted by atomic mass is 10.1. The molecule has 0 saturated carbocycles. The summed E-state index contributed by atoms with van der Waals surface area (Å²) in [6, 6.07) is 9.38. The highest BCUT2D eigenvalue weighted by Gasteiger charge is 2.39. The number of sulfonamides is 1. The number of hydrogen-bond donors (Lipinski definition) is 3. The first kappa shape index (κ1) is 22.3. The smallest absolute Gasteiger partial charge is 0.254 e. The minimum Gasteiger partial charge on any atom is -0.391 e. The van der Waals surface area contributed by atoms with Gasteiger partial charge in [0.15, 0.2) is 0 Å². The van der Waals surface area contributed by atoms with Crippen LogP contribution in [0.4, 0.5) is 10.1 Å². The van der Waals surface area contributed by atoms with Crippen LogP contribution in [0.25, 0.3) is 0 Å². The molecule has 32 heavy (non-hydrogen) atoms. The lowest BCUT2D eigenvalue weighted by molar-refractivity contribution is -0.119. The van der Waals surface area contributed by atoms with Crippen molar-refractivity contribution < 1.29 is 32.2 Å². The second-order valence-corrected chi connectivity index (χ2v) is 9.45. The van der Waals surface area contributed by atoms with Crippen LogP contribution in [-0.4, -0.2) is 68.2 Å². The highest BCUT2D eigenvalue weighted by atomic mass is 32.2. The summed E-state index contributed by atoms with van der Waals surface area (Å²) < 4.78 is 45.3. The Labute approximate surface area is 184 Å². The van der Waals surface area contributed by atoms with Gasteiger partial charge < -0.3 is 20.1 Å². The molecule has 3 N–H and O–H groups in total. The van der Waals surface area contributed by atoms with E-state index < -0.39 is 39.8 Å². The van der Waals surface area contributed by atoms with Crippen LogP contribution in [-0.2, 0) is 19.6 Å². The molecule has 9 nitrogen and oxygen atoms in total. The summed E-state index contributed by atoms with van der Waals surface area (Å²) in [5.74, 6) is -1.49. The van der Waals surface area contributed by atoms with Crippen LogP contribution in [0.3, 0.4) is 0 Å². The van der Waals surface area contributed by atoms with Crippen LogP contribution in [0.5, 0.6) is 0 Å². The molecule has 0 radical (unpaired) electrons. The standard InChI is InChI=1S/C21H22FN3O6S/c22-14-3-1-13(2-4-14)21(28)25-10-17(26)9-19(25)20(27)23-15-5-7-18(8-6-15)32(29,30)24-16-11-31-12-16/h1-8,16-17,19,24,26H,9-12H2,(H,23,27)/t17-,19-/m0/s1. The second-order valence-electron chi connectivity index (χ2n) is 7.74. The second kappa shape index (κ2) is 8.94. The van der Waals surface area contributed by atoms with Crippen LogP contribution >= 0.6 is 0 Å². The molecular formula is C21H22FN3O6S. The van der Waals surface area contributed by atoms with E-state index in [1.165, 1.54) is 41.3 Å². The van der Waals surface area contributed by atoms with Crippen molar-refractivity contribution >= 4 is 27.5 Å². The number of hydrogen-bond acceptors (Lipinski definition) is 6. The van der Waals surface area contributed by atoms with Crippen LogP contribution in [0, 0.1) is 5.82 Å². The minimum atomic E-state index is -3.70. The normalized spacial score (nSPS) is 21.2. The van der Waals surface area contributed by atoms with E-state index in [0.717, 1.165) is 12.1 Å². The molecular weight excluding hydrogens is 441 g/mol. The molecule has 0 aliphatic carbocycles. The van der Waals surface area contributed by atoms with Gasteiger partial charge in [0, 0.05) is 24.2 Å². The van der Waals surface area contributed by atoms with Crippen LogP contribution in [0.15, 0.2) is 53.4 Å². The lowest BCUT2D eigenvalue weighted by Crippen LogP contribution is -2.48. The molecule has 2 aromatic rings. The predicted molar refractivity (Wildman–Crippen MR) is 112 cm³/mol. The Balaban J connectivity index is 1.43. The number of anilines is 1. The van der Waals surface area contributed by atoms with Gasteiger partial charge in [-0.15, -0.1) is 0 Å². The summed E-state index contributed by atoms with van der Waals surface area (Å²) in [4.78, 5) is 26.9. The molecule has 2 atom stereocenters. The zero-order chi connectivity index (χ0) is 22.9. The van der Waals surface area contributed by atoms with Gasteiger partial charge >= 0.3 is 0 Å². The van der Waals surface area contributed by atoms with E-state index in [-0.39, 0.29) is 29.5 Å². The molecule has 2 amide bonds. The first-order chi connectivity index (χ1) is 15.2. The van der Waals surface area contributed by atoms with Crippen LogP contribution < -0.4 is 10.0 Å². The molecule has 0 bridgehead atoms. The Bertz CT molecular complexity index is 1100. The van der Waals surface area contributed by atoms with Crippen LogP contribution in [0.1, 0.15) is 16.8 Å². The molecule has 4 rings (SSSR count). The third-order valence-electron chi connectivity index (χ3n) is 5.33. The predicted octanol–water partition coefficient (Wildman–Crippen LogP) is 0.717. The van der Waals surface area contributed by atoms with E-state index in [9.17, 15) is 27.5 Å². The number of β-amino-alcohol motifs (C(OH)–C–C–N with tert-alkyl or cyclic N) is 1. The zero-order valence-electron chi connectivity index (χ0n) is 16.9. The number of nitrogens with zero attached hydrogens (tertiary/aromatic N) is 1. The van der Waals surface area contributed by atoms with Gasteiger partial charge in [0.05, 0.1) is 30.3 Å². The van der Waals surface area contributed by atoms with Gasteiger partial charge in [0.25, 0.3) is 5.91 Å². The van der Waals surface area contributed by atoms with Crippen molar-refractivity contribution in [2.24, 2.45) is 0 Å². The largest absolute Gasteiger partial charge is 0.391 e. The monoisotopic (exact) mass is 463 g/mol. The van der Waals surface area contributed by atoms with Crippen molar-refractivity contribution in [3.63, 3.8) is 0 Å². The average molecular weight is 463 g/mol. The first-order valence-electron chi connectivity index (χ1n) is 9.98. The Morgan fingerprint density at radius 2 is 1.72 bits per heavy atom. The highest BCUT2D eigenvalue weighted by Crippen LogP contribution is 2.23. The molecule has 11 heteroatoms. The SMILES string of the molecule is O=C(Nc1ccc(S(=O)(=O)NC2COC2)cc1)[C@@H]1C[C@H](O)CN1C(=O)c1ccc(F)cc1. The quantitative estimate of drug-likeness (QED) is 0.580. The van der Waals surface area contributed by atoms with E-state index in [1.807, 2.05) is 0 Å². The summed E-state index contributed by atoms with van der Waals surface area (Å²) in [6.07, 6.45) is -0.817. The van der Waals surface area contributed by atoms with Crippen molar-refractivity contribution in [3.8, 4) is 0 Å². The zero-order valence-corrected chi connectivity index (χ0v) is 17.7. The van der Waals surface area contributed by atoms with Crippen molar-refractivity contribution in [2.75, 3.05) is 25.1 Å². The Hall–Kier alpha value is -2.86. The maximum absolute atomic E-state index is 13.1. The number of aliphatic hydroxyl groups is 1. The van der Waals surface area contributed by atoms with Crippen molar-refractivity contribution in [1.82, 2.24) is 9.62 Å². The van der Waals surface area contributed by atoms with Crippen LogP contribution in [0.2, 0.25) is 0 Å². The number of carbonyl (C=O) groups excluding carboxylic acids is 2. The number of rotatable bonds is 6. The van der Waals surface area contributed by atoms with Crippen molar-refractivity contribution in [1.29, 1.82) is 0 Å². The minimum absolute atomic E-state index is 0.0258. The third-order valence-corrected chi connectivity index (χ3v) is 6.86. The number of amides is 2. The van der Waals surface area contributed by atoms with E-state index in [1.54, 1.807) is 0 Å². The Morgan fingerprint density at radius 3 is 2.31 bits per heavy atom. The Kier molecular flexibility index (Phi) is 6.24. The summed E-state index contributed by atoms with van der Waals surface area (Å²) >= 11 is 0. The van der Waals surface area contributed by atoms with Crippen molar-refractivity contribution in [2.45, 2.75) is 29.5 Å². The van der Waals surface area contributed by atoms with Crippen molar-refractivity contribution in [3.05, 3.63) is 59.9 Å². The summed E-state index contributed by atoms with van der Waals surface area (Å²) in [5, 5.41) is 12.7. The van der Waals surface area contributed by atoms with E-state index in [2.05, 4.69) is 10.0 Å². The molecule has 2 aliphatic heterocycles. The molecule has 0 unspecified atom stereocenters. The number of carbonyl (C=O) groups is 2. The fraction of sp³-hybridized carbons (Fsp3) is 0.333. The van der Waals surface area contributed by atoms with Gasteiger partial charge in [0.2, 0.25) is 15.9 Å². The maximum atomic E-state index is 13.1. The highest BCUT2D eigenvalue weighted by molar-refractivity contribution is 7.89. The molecule has 2 saturated heterocycles. The molecule has 170 valence electrons. The first-order valence-corrected chi connectivity index (χ1v) is 11.5. The van der Waals surface area contributed by atoms with Gasteiger partial charge in [-0.05, 0) is 48.5 Å². The Morgan fingerprint density at radius 1 is 1.06 bits per heavy atom. The topological polar surface area (TPSA) is 125 Å². The van der Waals surface area contributed by atoms with E-state index in [4.69, 9.17) is 4.74 Å². The number of ether oxygens (including phenoxy) is 1. The van der Waals surface area contributed by atoms with Gasteiger partial charge in [-0.1, -0.05) is 0 Å². The van der Waals surface area contributed by atoms with E-state index in [0.29, 0.717) is 18.9 Å². The van der Waals surface area contributed by atoms with E-state index >= 15 is 0 Å². The van der Waals surface area contributed by atoms with Gasteiger partial charge in [-0.2, -0.15) is 0 Å². The summed E-state index contributed by atoms with van der Waals surface area (Å²) in [6.45, 7) is 0.629. The fourth-order valence-electron chi connectivity index (χ4n) is 3.58. The fourth-order valence-corrected chi connectivity index (χ4v) is 4.78. The maximum Gasteiger partial charge on any atom is 0.254 e. The number of aliphatic hydroxyl groups excluding tert-OH is 1. The molecule has 2 fully saturated rings. The molecule has 2 aromatic carbocycles. The molecule has 2 heterocycles. The molecule has 0 aromatic heterocycles. The average Bonchev–Trinajstić information content (AvgIpc) is 3.13. The van der Waals surface area contributed by atoms with Gasteiger partial charge in [-0.25, -0.2) is 17.5 Å².